The van der Waals surface area contributed by atoms with Gasteiger partial charge >= 0.3 is 0 Å². The standard InChI is InChI=1S/C15H15N3O4/c19-14(12-2-1-7-16-9-12)10-17-15(20)8-11-3-5-13(6-4-11)18(21)22/h1-7,9,14,19H,8,10H2,(H,17,20)/t14-/m0/s1. The molecule has 1 amide bonds. The number of amides is 1. The average molecular weight is 301 g/mol. The summed E-state index contributed by atoms with van der Waals surface area (Å²) in [4.78, 5) is 25.7. The summed E-state index contributed by atoms with van der Waals surface area (Å²) in [6.07, 6.45) is 2.41. The fourth-order valence-corrected chi connectivity index (χ4v) is 1.88. The molecule has 0 saturated heterocycles. The number of rotatable bonds is 6. The minimum atomic E-state index is -0.825. The molecule has 0 fully saturated rings. The van der Waals surface area contributed by atoms with Crippen LogP contribution in [-0.4, -0.2) is 27.5 Å². The molecule has 22 heavy (non-hydrogen) atoms. The van der Waals surface area contributed by atoms with Gasteiger partial charge in [-0.2, -0.15) is 0 Å². The molecule has 0 aliphatic heterocycles. The number of nitrogens with one attached hydrogen (secondary N) is 1. The predicted octanol–water partition coefficient (Wildman–Crippen LogP) is 1.38. The van der Waals surface area contributed by atoms with E-state index in [1.807, 2.05) is 0 Å². The zero-order chi connectivity index (χ0) is 15.9. The van der Waals surface area contributed by atoms with Gasteiger partial charge in [-0.25, -0.2) is 0 Å². The van der Waals surface area contributed by atoms with Crippen molar-refractivity contribution < 1.29 is 14.8 Å². The third-order valence-corrected chi connectivity index (χ3v) is 3.07. The van der Waals surface area contributed by atoms with E-state index in [1.165, 1.54) is 30.5 Å². The van der Waals surface area contributed by atoms with Crippen LogP contribution in [0, 0.1) is 10.1 Å². The number of carbonyl (C=O) groups is 1. The second kappa shape index (κ2) is 7.28. The predicted molar refractivity (Wildman–Crippen MR) is 79.0 cm³/mol. The highest BCUT2D eigenvalue weighted by atomic mass is 16.6. The lowest BCUT2D eigenvalue weighted by molar-refractivity contribution is -0.384. The minimum absolute atomic E-state index is 0.0174. The van der Waals surface area contributed by atoms with Gasteiger partial charge in [0.2, 0.25) is 5.91 Å². The van der Waals surface area contributed by atoms with E-state index in [0.717, 1.165) is 0 Å². The highest BCUT2D eigenvalue weighted by Gasteiger charge is 2.11. The lowest BCUT2D eigenvalue weighted by Gasteiger charge is -2.11. The second-order valence-electron chi connectivity index (χ2n) is 4.71. The van der Waals surface area contributed by atoms with E-state index in [1.54, 1.807) is 18.3 Å². The number of nitrogens with zero attached hydrogens (tertiary/aromatic N) is 2. The molecule has 2 aromatic rings. The molecule has 0 aliphatic rings. The van der Waals surface area contributed by atoms with Gasteiger partial charge in [-0.3, -0.25) is 19.9 Å². The Morgan fingerprint density at radius 3 is 2.64 bits per heavy atom. The molecule has 2 N–H and O–H groups in total. The molecule has 0 radical (unpaired) electrons. The van der Waals surface area contributed by atoms with Gasteiger partial charge in [0.25, 0.3) is 5.69 Å². The van der Waals surface area contributed by atoms with Gasteiger partial charge in [0.1, 0.15) is 0 Å². The van der Waals surface area contributed by atoms with Gasteiger partial charge in [-0.1, -0.05) is 18.2 Å². The summed E-state index contributed by atoms with van der Waals surface area (Å²) in [5, 5.41) is 23.1. The molecule has 2 rings (SSSR count). The highest BCUT2D eigenvalue weighted by Crippen LogP contribution is 2.12. The van der Waals surface area contributed by atoms with Crippen LogP contribution in [0.4, 0.5) is 5.69 Å². The third kappa shape index (κ3) is 4.35. The van der Waals surface area contributed by atoms with Crippen molar-refractivity contribution in [2.45, 2.75) is 12.5 Å². The van der Waals surface area contributed by atoms with Crippen molar-refractivity contribution in [2.75, 3.05) is 6.54 Å². The molecule has 7 heteroatoms. The largest absolute Gasteiger partial charge is 0.387 e. The van der Waals surface area contributed by atoms with Crippen molar-refractivity contribution in [2.24, 2.45) is 0 Å². The first kappa shape index (κ1) is 15.6. The summed E-state index contributed by atoms with van der Waals surface area (Å²) in [6, 6.07) is 9.21. The van der Waals surface area contributed by atoms with Crippen molar-refractivity contribution in [3.63, 3.8) is 0 Å². The normalized spacial score (nSPS) is 11.7. The molecule has 1 aromatic heterocycles. The fourth-order valence-electron chi connectivity index (χ4n) is 1.88. The van der Waals surface area contributed by atoms with Crippen molar-refractivity contribution in [3.05, 3.63) is 70.0 Å². The first-order valence-corrected chi connectivity index (χ1v) is 6.64. The Kier molecular flexibility index (Phi) is 5.16. The van der Waals surface area contributed by atoms with Gasteiger partial charge in [0, 0.05) is 36.6 Å². The van der Waals surface area contributed by atoms with Gasteiger partial charge < -0.3 is 10.4 Å². The Morgan fingerprint density at radius 2 is 2.05 bits per heavy atom. The average Bonchev–Trinajstić information content (AvgIpc) is 2.54. The number of non-ortho nitro benzene ring substituents is 1. The van der Waals surface area contributed by atoms with Gasteiger partial charge in [0.05, 0.1) is 17.4 Å². The lowest BCUT2D eigenvalue weighted by Crippen LogP contribution is -2.29. The number of aliphatic hydroxyl groups excluding tert-OH is 1. The van der Waals surface area contributed by atoms with Gasteiger partial charge in [-0.15, -0.1) is 0 Å². The summed E-state index contributed by atoms with van der Waals surface area (Å²) in [7, 11) is 0. The molecule has 0 unspecified atom stereocenters. The van der Waals surface area contributed by atoms with Crippen LogP contribution in [0.5, 0.6) is 0 Å². The first-order valence-electron chi connectivity index (χ1n) is 6.64. The molecular weight excluding hydrogens is 286 g/mol. The number of aliphatic hydroxyl groups is 1. The Hall–Kier alpha value is -2.80. The summed E-state index contributed by atoms with van der Waals surface area (Å²) < 4.78 is 0. The van der Waals surface area contributed by atoms with Crippen LogP contribution in [0.3, 0.4) is 0 Å². The minimum Gasteiger partial charge on any atom is -0.387 e. The number of nitro benzene ring substituents is 1. The molecule has 0 aliphatic carbocycles. The Bertz CT molecular complexity index is 644. The maximum atomic E-state index is 11.8. The summed E-state index contributed by atoms with van der Waals surface area (Å²) in [5.41, 5.74) is 1.27. The summed E-state index contributed by atoms with van der Waals surface area (Å²) in [6.45, 7) is 0.0809. The molecule has 1 heterocycles. The number of aromatic nitrogens is 1. The quantitative estimate of drug-likeness (QED) is 0.619. The number of pyridine rings is 1. The Balaban J connectivity index is 1.84. The molecule has 1 aromatic carbocycles. The molecule has 114 valence electrons. The topological polar surface area (TPSA) is 105 Å². The van der Waals surface area contributed by atoms with Gasteiger partial charge in [-0.05, 0) is 11.6 Å². The first-order chi connectivity index (χ1) is 10.6. The van der Waals surface area contributed by atoms with Crippen molar-refractivity contribution in [3.8, 4) is 0 Å². The zero-order valence-electron chi connectivity index (χ0n) is 11.7. The monoisotopic (exact) mass is 301 g/mol. The maximum absolute atomic E-state index is 11.8. The molecule has 0 spiro atoms. The van der Waals surface area contributed by atoms with E-state index in [-0.39, 0.29) is 24.6 Å². The van der Waals surface area contributed by atoms with E-state index in [4.69, 9.17) is 0 Å². The van der Waals surface area contributed by atoms with Crippen LogP contribution in [0.25, 0.3) is 0 Å². The highest BCUT2D eigenvalue weighted by molar-refractivity contribution is 5.78. The van der Waals surface area contributed by atoms with Crippen LogP contribution in [0.1, 0.15) is 17.2 Å². The molecule has 0 saturated carbocycles. The summed E-state index contributed by atoms with van der Waals surface area (Å²) >= 11 is 0. The Labute approximate surface area is 126 Å². The Morgan fingerprint density at radius 1 is 1.32 bits per heavy atom. The number of carbonyl (C=O) groups excluding carboxylic acids is 1. The number of hydrogen-bond acceptors (Lipinski definition) is 5. The SMILES string of the molecule is O=C(Cc1ccc([N+](=O)[O-])cc1)NC[C@H](O)c1cccnc1. The van der Waals surface area contributed by atoms with Crippen molar-refractivity contribution in [1.29, 1.82) is 0 Å². The summed E-state index contributed by atoms with van der Waals surface area (Å²) in [5.74, 6) is -0.267. The molecule has 7 nitrogen and oxygen atoms in total. The smallest absolute Gasteiger partial charge is 0.269 e. The number of benzene rings is 1. The maximum Gasteiger partial charge on any atom is 0.269 e. The van der Waals surface area contributed by atoms with Crippen molar-refractivity contribution in [1.82, 2.24) is 10.3 Å². The van der Waals surface area contributed by atoms with Gasteiger partial charge in [0.15, 0.2) is 0 Å². The van der Waals surface area contributed by atoms with Crippen LogP contribution < -0.4 is 5.32 Å². The van der Waals surface area contributed by atoms with E-state index in [9.17, 15) is 20.0 Å². The van der Waals surface area contributed by atoms with Crippen LogP contribution in [0.2, 0.25) is 0 Å². The number of hydrogen-bond donors (Lipinski definition) is 2. The van der Waals surface area contributed by atoms with E-state index < -0.39 is 11.0 Å². The fraction of sp³-hybridized carbons (Fsp3) is 0.200. The van der Waals surface area contributed by atoms with Crippen LogP contribution in [0.15, 0.2) is 48.8 Å². The van der Waals surface area contributed by atoms with E-state index in [2.05, 4.69) is 10.3 Å². The second-order valence-corrected chi connectivity index (χ2v) is 4.71. The molecule has 1 atom stereocenters. The number of nitro groups is 1. The van der Waals surface area contributed by atoms with Crippen molar-refractivity contribution >= 4 is 11.6 Å². The van der Waals surface area contributed by atoms with E-state index in [0.29, 0.717) is 11.1 Å². The lowest BCUT2D eigenvalue weighted by atomic mass is 10.1. The zero-order valence-corrected chi connectivity index (χ0v) is 11.7. The van der Waals surface area contributed by atoms with E-state index >= 15 is 0 Å². The third-order valence-electron chi connectivity index (χ3n) is 3.07. The van der Waals surface area contributed by atoms with Crippen LogP contribution in [-0.2, 0) is 11.2 Å². The molecule has 0 bridgehead atoms. The van der Waals surface area contributed by atoms with Crippen LogP contribution >= 0.6 is 0 Å². The molecular formula is C15H15N3O4.